The molecular weight excluding hydrogens is 252 g/mol. The van der Waals surface area contributed by atoms with Gasteiger partial charge in [-0.05, 0) is 43.0 Å². The van der Waals surface area contributed by atoms with Crippen molar-refractivity contribution in [3.8, 4) is 0 Å². The smallest absolute Gasteiger partial charge is 0.223 e. The molecule has 1 saturated heterocycles. The molecule has 0 unspecified atom stereocenters. The van der Waals surface area contributed by atoms with Crippen molar-refractivity contribution >= 4 is 23.3 Å². The molecular formula is C14H22N6. The lowest BCUT2D eigenvalue weighted by molar-refractivity contribution is 0.438. The maximum absolute atomic E-state index is 5.59. The van der Waals surface area contributed by atoms with Gasteiger partial charge >= 0.3 is 0 Å². The van der Waals surface area contributed by atoms with E-state index in [1.165, 1.54) is 18.5 Å². The van der Waals surface area contributed by atoms with Crippen molar-refractivity contribution in [3.63, 3.8) is 0 Å². The standard InChI is InChI=1S/C14H22N6/c1-10-6-8-20(9-7-10)12-4-2-11(3-5-12)18-14(17)19-13(15)16/h2-5,10H,6-9H2,1H3,(H6,15,16,17,18,19). The van der Waals surface area contributed by atoms with Crippen LogP contribution in [0.5, 0.6) is 0 Å². The minimum absolute atomic E-state index is 0.0598. The molecule has 0 bridgehead atoms. The predicted molar refractivity (Wildman–Crippen MR) is 84.1 cm³/mol. The van der Waals surface area contributed by atoms with Gasteiger partial charge in [-0.2, -0.15) is 4.99 Å². The lowest BCUT2D eigenvalue weighted by Crippen LogP contribution is -2.32. The van der Waals surface area contributed by atoms with E-state index in [0.717, 1.165) is 24.7 Å². The van der Waals surface area contributed by atoms with Crippen LogP contribution in [0.1, 0.15) is 19.8 Å². The molecule has 6 N–H and O–H groups in total. The molecule has 0 aliphatic carbocycles. The number of aliphatic imine (C=N–C) groups is 2. The van der Waals surface area contributed by atoms with Crippen molar-refractivity contribution in [1.29, 1.82) is 0 Å². The van der Waals surface area contributed by atoms with E-state index < -0.39 is 0 Å². The third-order valence-corrected chi connectivity index (χ3v) is 3.49. The van der Waals surface area contributed by atoms with E-state index in [9.17, 15) is 0 Å². The summed E-state index contributed by atoms with van der Waals surface area (Å²) < 4.78 is 0. The second-order valence-corrected chi connectivity index (χ2v) is 5.19. The molecule has 0 atom stereocenters. The normalized spacial score (nSPS) is 17.1. The van der Waals surface area contributed by atoms with E-state index >= 15 is 0 Å². The zero-order chi connectivity index (χ0) is 14.5. The molecule has 1 aliphatic heterocycles. The summed E-state index contributed by atoms with van der Waals surface area (Å²) in [4.78, 5) is 10.2. The number of rotatable bonds is 2. The highest BCUT2D eigenvalue weighted by Crippen LogP contribution is 2.24. The molecule has 2 rings (SSSR count). The Hall–Kier alpha value is -2.24. The first-order valence-corrected chi connectivity index (χ1v) is 6.83. The number of nitrogens with two attached hydrogens (primary N) is 3. The molecule has 1 heterocycles. The van der Waals surface area contributed by atoms with Gasteiger partial charge in [-0.1, -0.05) is 6.92 Å². The molecule has 20 heavy (non-hydrogen) atoms. The van der Waals surface area contributed by atoms with Gasteiger partial charge in [0, 0.05) is 18.8 Å². The Morgan fingerprint density at radius 3 is 2.25 bits per heavy atom. The summed E-state index contributed by atoms with van der Waals surface area (Å²) in [5, 5.41) is 0. The maximum Gasteiger partial charge on any atom is 0.223 e. The van der Waals surface area contributed by atoms with Crippen molar-refractivity contribution in [3.05, 3.63) is 24.3 Å². The molecule has 1 aromatic carbocycles. The lowest BCUT2D eigenvalue weighted by Gasteiger charge is -2.32. The molecule has 0 amide bonds. The Labute approximate surface area is 119 Å². The molecule has 108 valence electrons. The highest BCUT2D eigenvalue weighted by Gasteiger charge is 2.15. The average Bonchev–Trinajstić information content (AvgIpc) is 2.39. The molecule has 0 spiro atoms. The van der Waals surface area contributed by atoms with Crippen LogP contribution in [0.2, 0.25) is 0 Å². The van der Waals surface area contributed by atoms with Crippen LogP contribution in [0.3, 0.4) is 0 Å². The van der Waals surface area contributed by atoms with Gasteiger partial charge in [-0.3, -0.25) is 0 Å². The van der Waals surface area contributed by atoms with Crippen LogP contribution in [-0.4, -0.2) is 25.0 Å². The topological polar surface area (TPSA) is 106 Å². The number of anilines is 1. The molecule has 0 aromatic heterocycles. The fraction of sp³-hybridized carbons (Fsp3) is 0.429. The van der Waals surface area contributed by atoms with E-state index in [0.29, 0.717) is 0 Å². The number of benzene rings is 1. The van der Waals surface area contributed by atoms with E-state index in [1.807, 2.05) is 12.1 Å². The molecule has 0 radical (unpaired) electrons. The summed E-state index contributed by atoms with van der Waals surface area (Å²) in [6.45, 7) is 4.53. The fourth-order valence-corrected chi connectivity index (χ4v) is 2.29. The maximum atomic E-state index is 5.59. The summed E-state index contributed by atoms with van der Waals surface area (Å²) in [7, 11) is 0. The summed E-state index contributed by atoms with van der Waals surface area (Å²) >= 11 is 0. The fourth-order valence-electron chi connectivity index (χ4n) is 2.29. The van der Waals surface area contributed by atoms with Crippen molar-refractivity contribution < 1.29 is 0 Å². The van der Waals surface area contributed by atoms with Crippen LogP contribution < -0.4 is 22.1 Å². The molecule has 1 aliphatic rings. The summed E-state index contributed by atoms with van der Waals surface area (Å²) in [6.07, 6.45) is 2.49. The highest BCUT2D eigenvalue weighted by molar-refractivity contribution is 5.93. The zero-order valence-electron chi connectivity index (χ0n) is 11.8. The largest absolute Gasteiger partial charge is 0.372 e. The van der Waals surface area contributed by atoms with Gasteiger partial charge in [0.1, 0.15) is 0 Å². The van der Waals surface area contributed by atoms with Crippen LogP contribution in [0.4, 0.5) is 11.4 Å². The van der Waals surface area contributed by atoms with Gasteiger partial charge in [0.25, 0.3) is 0 Å². The minimum Gasteiger partial charge on any atom is -0.372 e. The Morgan fingerprint density at radius 2 is 1.70 bits per heavy atom. The molecule has 6 heteroatoms. The molecule has 1 fully saturated rings. The Morgan fingerprint density at radius 1 is 1.10 bits per heavy atom. The first-order chi connectivity index (χ1) is 9.54. The third-order valence-electron chi connectivity index (χ3n) is 3.49. The monoisotopic (exact) mass is 274 g/mol. The molecule has 6 nitrogen and oxygen atoms in total. The predicted octanol–water partition coefficient (Wildman–Crippen LogP) is 1.14. The average molecular weight is 274 g/mol. The van der Waals surface area contributed by atoms with Crippen molar-refractivity contribution in [2.75, 3.05) is 18.0 Å². The van der Waals surface area contributed by atoms with Crippen LogP contribution in [0, 0.1) is 5.92 Å². The van der Waals surface area contributed by atoms with E-state index in [2.05, 4.69) is 33.9 Å². The first kappa shape index (κ1) is 14.2. The lowest BCUT2D eigenvalue weighted by atomic mass is 9.99. The number of hydrogen-bond donors (Lipinski definition) is 3. The highest BCUT2D eigenvalue weighted by atomic mass is 15.1. The SMILES string of the molecule is CC1CCN(c2ccc(N=C(N)N=C(N)N)cc2)CC1. The Balaban J connectivity index is 2.05. The van der Waals surface area contributed by atoms with E-state index in [4.69, 9.17) is 17.2 Å². The van der Waals surface area contributed by atoms with Gasteiger partial charge in [-0.15, -0.1) is 0 Å². The van der Waals surface area contributed by atoms with Crippen molar-refractivity contribution in [1.82, 2.24) is 0 Å². The Kier molecular flexibility index (Phi) is 4.45. The number of piperidine rings is 1. The number of nitrogens with zero attached hydrogens (tertiary/aromatic N) is 3. The van der Waals surface area contributed by atoms with Crippen LogP contribution in [0.15, 0.2) is 34.3 Å². The number of hydrogen-bond acceptors (Lipinski definition) is 2. The third kappa shape index (κ3) is 3.88. The second kappa shape index (κ2) is 6.27. The molecule has 1 aromatic rings. The van der Waals surface area contributed by atoms with Crippen LogP contribution in [-0.2, 0) is 0 Å². The first-order valence-electron chi connectivity index (χ1n) is 6.83. The van der Waals surface area contributed by atoms with Gasteiger partial charge in [-0.25, -0.2) is 4.99 Å². The van der Waals surface area contributed by atoms with Gasteiger partial charge < -0.3 is 22.1 Å². The second-order valence-electron chi connectivity index (χ2n) is 5.19. The van der Waals surface area contributed by atoms with Crippen molar-refractivity contribution in [2.24, 2.45) is 33.1 Å². The van der Waals surface area contributed by atoms with Gasteiger partial charge in [0.15, 0.2) is 5.96 Å². The Bertz CT molecular complexity index is 493. The summed E-state index contributed by atoms with van der Waals surface area (Å²) in [6, 6.07) is 7.94. The van der Waals surface area contributed by atoms with Crippen LogP contribution >= 0.6 is 0 Å². The summed E-state index contributed by atoms with van der Waals surface area (Å²) in [5.41, 5.74) is 18.0. The van der Waals surface area contributed by atoms with E-state index in [1.54, 1.807) is 0 Å². The van der Waals surface area contributed by atoms with Gasteiger partial charge in [0.2, 0.25) is 5.96 Å². The minimum atomic E-state index is -0.0923. The van der Waals surface area contributed by atoms with E-state index in [-0.39, 0.29) is 11.9 Å². The summed E-state index contributed by atoms with van der Waals surface area (Å²) in [5.74, 6) is 0.796. The zero-order valence-corrected chi connectivity index (χ0v) is 11.8. The van der Waals surface area contributed by atoms with Crippen LogP contribution in [0.25, 0.3) is 0 Å². The quantitative estimate of drug-likeness (QED) is 0.555. The van der Waals surface area contributed by atoms with Crippen molar-refractivity contribution in [2.45, 2.75) is 19.8 Å². The number of guanidine groups is 2. The van der Waals surface area contributed by atoms with Gasteiger partial charge in [0.05, 0.1) is 5.69 Å². The molecule has 0 saturated carbocycles.